The van der Waals surface area contributed by atoms with E-state index in [-0.39, 0.29) is 19.8 Å². The summed E-state index contributed by atoms with van der Waals surface area (Å²) in [6.45, 7) is 0.476. The van der Waals surface area contributed by atoms with E-state index in [1.165, 1.54) is 0 Å². The molecule has 0 aliphatic carbocycles. The molecule has 2 aromatic carbocycles. The van der Waals surface area contributed by atoms with Crippen LogP contribution in [0.3, 0.4) is 0 Å². The summed E-state index contributed by atoms with van der Waals surface area (Å²) in [5.41, 5.74) is 9.42. The van der Waals surface area contributed by atoms with Crippen LogP contribution in [0.25, 0.3) is 11.1 Å². The Morgan fingerprint density at radius 2 is 1.97 bits per heavy atom. The Morgan fingerprint density at radius 1 is 1.21 bits per heavy atom. The van der Waals surface area contributed by atoms with Gasteiger partial charge < -0.3 is 25.4 Å². The molecule has 0 radical (unpaired) electrons. The average Bonchev–Trinajstić information content (AvgIpc) is 2.77. The number of carbonyl (C=O) groups is 2. The van der Waals surface area contributed by atoms with Crippen molar-refractivity contribution in [2.24, 2.45) is 5.73 Å². The summed E-state index contributed by atoms with van der Waals surface area (Å²) in [5.74, 6) is -1.21. The molecule has 1 amide bonds. The second-order valence-electron chi connectivity index (χ2n) is 6.77. The van der Waals surface area contributed by atoms with E-state index in [4.69, 9.17) is 20.3 Å². The first-order chi connectivity index (χ1) is 14.0. The zero-order valence-corrected chi connectivity index (χ0v) is 15.9. The van der Waals surface area contributed by atoms with Crippen molar-refractivity contribution >= 4 is 12.1 Å². The van der Waals surface area contributed by atoms with Gasteiger partial charge in [-0.1, -0.05) is 42.5 Å². The monoisotopic (exact) mass is 400 g/mol. The minimum absolute atomic E-state index is 0.0252. The molecule has 29 heavy (non-hydrogen) atoms. The molecule has 0 saturated carbocycles. The highest BCUT2D eigenvalue weighted by Crippen LogP contribution is 2.23. The molecule has 8 heteroatoms. The van der Waals surface area contributed by atoms with Crippen LogP contribution in [0.5, 0.6) is 0 Å². The van der Waals surface area contributed by atoms with E-state index in [1.807, 2.05) is 48.5 Å². The third kappa shape index (κ3) is 5.11. The second kappa shape index (κ2) is 9.51. The van der Waals surface area contributed by atoms with E-state index in [0.29, 0.717) is 13.0 Å². The Labute approximate surface area is 168 Å². The fourth-order valence-electron chi connectivity index (χ4n) is 3.10. The number of benzene rings is 2. The molecule has 0 unspecified atom stereocenters. The minimum atomic E-state index is -1.31. The van der Waals surface area contributed by atoms with Crippen LogP contribution < -0.4 is 5.73 Å². The Balaban J connectivity index is 1.62. The van der Waals surface area contributed by atoms with Crippen LogP contribution in [0.1, 0.15) is 23.6 Å². The molecule has 1 aliphatic heterocycles. The molecule has 1 fully saturated rings. The molecule has 1 heterocycles. The molecular weight excluding hydrogens is 376 g/mol. The van der Waals surface area contributed by atoms with Crippen molar-refractivity contribution in [1.29, 1.82) is 0 Å². The highest BCUT2D eigenvalue weighted by molar-refractivity contribution is 5.79. The molecule has 0 spiro atoms. The molecule has 0 aromatic heterocycles. The largest absolute Gasteiger partial charge is 0.478 e. The van der Waals surface area contributed by atoms with Gasteiger partial charge in [-0.3, -0.25) is 4.90 Å². The van der Waals surface area contributed by atoms with E-state index in [2.05, 4.69) is 0 Å². The lowest BCUT2D eigenvalue weighted by molar-refractivity contribution is -0.168. The van der Waals surface area contributed by atoms with E-state index < -0.39 is 24.3 Å². The van der Waals surface area contributed by atoms with Gasteiger partial charge in [0.2, 0.25) is 6.23 Å². The number of nitrogens with zero attached hydrogens (tertiary/aromatic N) is 1. The summed E-state index contributed by atoms with van der Waals surface area (Å²) in [6.07, 6.45) is -1.46. The zero-order valence-electron chi connectivity index (χ0n) is 15.9. The third-order valence-corrected chi connectivity index (χ3v) is 4.71. The van der Waals surface area contributed by atoms with Crippen LogP contribution in [0.15, 0.2) is 48.5 Å². The standard InChI is InChI=1S/C21H24N2O6/c22-18(12-24)17-4-1-3-16(11-17)15-7-5-14(6-8-15)13-29-21(27)23-9-2-10-28-19(23)20(25)26/h1,3-8,11,18-19,24H,2,9-10,12-13,22H2,(H,25,26)/t18-,19-/m0/s1. The molecule has 0 bridgehead atoms. The minimum Gasteiger partial charge on any atom is -0.478 e. The van der Waals surface area contributed by atoms with E-state index in [9.17, 15) is 14.7 Å². The van der Waals surface area contributed by atoms with Gasteiger partial charge in [0, 0.05) is 6.54 Å². The number of carboxylic acid groups (broad SMARTS) is 1. The van der Waals surface area contributed by atoms with Gasteiger partial charge in [0.25, 0.3) is 0 Å². The van der Waals surface area contributed by atoms with E-state index in [0.717, 1.165) is 27.2 Å². The molecule has 1 aliphatic rings. The molecular formula is C21H24N2O6. The maximum atomic E-state index is 12.2. The van der Waals surface area contributed by atoms with Gasteiger partial charge in [-0.25, -0.2) is 9.59 Å². The SMILES string of the molecule is N[C@@H](CO)c1cccc(-c2ccc(COC(=O)N3CCCO[C@H]3C(=O)O)cc2)c1. The number of aliphatic carboxylic acids is 1. The number of hydrogen-bond donors (Lipinski definition) is 3. The highest BCUT2D eigenvalue weighted by Gasteiger charge is 2.34. The second-order valence-corrected chi connectivity index (χ2v) is 6.77. The van der Waals surface area contributed by atoms with Crippen molar-refractivity contribution in [3.8, 4) is 11.1 Å². The lowest BCUT2D eigenvalue weighted by Gasteiger charge is -2.31. The predicted octanol–water partition coefficient (Wildman–Crippen LogP) is 2.12. The van der Waals surface area contributed by atoms with Gasteiger partial charge in [-0.2, -0.15) is 0 Å². The number of aliphatic hydroxyl groups excluding tert-OH is 1. The van der Waals surface area contributed by atoms with Crippen molar-refractivity contribution in [2.75, 3.05) is 19.8 Å². The Hall–Kier alpha value is -2.94. The Morgan fingerprint density at radius 3 is 2.66 bits per heavy atom. The van der Waals surface area contributed by atoms with Gasteiger partial charge in [-0.15, -0.1) is 0 Å². The van der Waals surface area contributed by atoms with Crippen molar-refractivity contribution in [3.05, 3.63) is 59.7 Å². The number of nitrogens with two attached hydrogens (primary N) is 1. The molecule has 2 atom stereocenters. The Kier molecular flexibility index (Phi) is 6.82. The maximum Gasteiger partial charge on any atom is 0.412 e. The van der Waals surface area contributed by atoms with Gasteiger partial charge in [0.05, 0.1) is 19.3 Å². The molecule has 2 aromatic rings. The number of amides is 1. The van der Waals surface area contributed by atoms with Crippen LogP contribution in [0.2, 0.25) is 0 Å². The zero-order chi connectivity index (χ0) is 20.8. The van der Waals surface area contributed by atoms with Crippen molar-refractivity contribution in [1.82, 2.24) is 4.90 Å². The average molecular weight is 400 g/mol. The van der Waals surface area contributed by atoms with Crippen LogP contribution in [0.4, 0.5) is 4.79 Å². The van der Waals surface area contributed by atoms with Gasteiger partial charge in [0.15, 0.2) is 0 Å². The molecule has 4 N–H and O–H groups in total. The number of carbonyl (C=O) groups excluding carboxylic acids is 1. The van der Waals surface area contributed by atoms with Crippen molar-refractivity contribution in [3.63, 3.8) is 0 Å². The molecule has 3 rings (SSSR count). The number of carboxylic acids is 1. The van der Waals surface area contributed by atoms with Gasteiger partial charge in [-0.05, 0) is 34.7 Å². The first-order valence-corrected chi connectivity index (χ1v) is 9.33. The van der Waals surface area contributed by atoms with Gasteiger partial charge >= 0.3 is 12.1 Å². The predicted molar refractivity (Wildman–Crippen MR) is 105 cm³/mol. The quantitative estimate of drug-likeness (QED) is 0.679. The van der Waals surface area contributed by atoms with Crippen LogP contribution in [-0.2, 0) is 20.9 Å². The summed E-state index contributed by atoms with van der Waals surface area (Å²) >= 11 is 0. The van der Waals surface area contributed by atoms with Crippen LogP contribution >= 0.6 is 0 Å². The smallest absolute Gasteiger partial charge is 0.412 e. The third-order valence-electron chi connectivity index (χ3n) is 4.71. The van der Waals surface area contributed by atoms with Gasteiger partial charge in [0.1, 0.15) is 6.61 Å². The first-order valence-electron chi connectivity index (χ1n) is 9.33. The molecule has 8 nitrogen and oxygen atoms in total. The summed E-state index contributed by atoms with van der Waals surface area (Å²) in [7, 11) is 0. The van der Waals surface area contributed by atoms with Crippen molar-refractivity contribution < 1.29 is 29.3 Å². The van der Waals surface area contributed by atoms with Crippen LogP contribution in [-0.4, -0.2) is 53.2 Å². The number of aliphatic hydroxyl groups is 1. The van der Waals surface area contributed by atoms with Crippen molar-refractivity contribution in [2.45, 2.75) is 25.3 Å². The lowest BCUT2D eigenvalue weighted by Crippen LogP contribution is -2.50. The Bertz CT molecular complexity index is 855. The number of rotatable bonds is 6. The first kappa shape index (κ1) is 20.8. The van der Waals surface area contributed by atoms with Crippen LogP contribution in [0, 0.1) is 0 Å². The number of hydrogen-bond acceptors (Lipinski definition) is 6. The molecule has 154 valence electrons. The normalized spacial score (nSPS) is 17.6. The fraction of sp³-hybridized carbons (Fsp3) is 0.333. The lowest BCUT2D eigenvalue weighted by atomic mass is 9.99. The summed E-state index contributed by atoms with van der Waals surface area (Å²) in [5, 5.41) is 18.4. The topological polar surface area (TPSA) is 122 Å². The fourth-order valence-corrected chi connectivity index (χ4v) is 3.10. The molecule has 1 saturated heterocycles. The van der Waals surface area contributed by atoms with E-state index >= 15 is 0 Å². The number of ether oxygens (including phenoxy) is 2. The maximum absolute atomic E-state index is 12.2. The summed E-state index contributed by atoms with van der Waals surface area (Å²) in [4.78, 5) is 24.5. The summed E-state index contributed by atoms with van der Waals surface area (Å²) in [6, 6.07) is 14.7. The van der Waals surface area contributed by atoms with E-state index in [1.54, 1.807) is 0 Å². The highest BCUT2D eigenvalue weighted by atomic mass is 16.6. The summed E-state index contributed by atoms with van der Waals surface area (Å²) < 4.78 is 10.4.